The number of rotatable bonds is 1. The number of H-pyrrole nitrogens is 1. The second kappa shape index (κ2) is 4.38. The zero-order valence-electron chi connectivity index (χ0n) is 9.35. The van der Waals surface area contributed by atoms with E-state index in [2.05, 4.69) is 25.9 Å². The number of aromatic nitrogens is 2. The molecule has 0 radical (unpaired) electrons. The second-order valence-corrected chi connectivity index (χ2v) is 4.82. The Hall–Kier alpha value is -1.82. The SMILES string of the molecule is Fc1ccc(-c2nc3c(F)c(F)ccc3[nH]2)c(Br)c1. The van der Waals surface area contributed by atoms with Gasteiger partial charge in [-0.1, -0.05) is 0 Å². The zero-order valence-corrected chi connectivity index (χ0v) is 10.9. The van der Waals surface area contributed by atoms with Crippen LogP contribution in [0.15, 0.2) is 34.8 Å². The molecule has 1 aromatic heterocycles. The Morgan fingerprint density at radius 2 is 1.84 bits per heavy atom. The van der Waals surface area contributed by atoms with Crippen LogP contribution >= 0.6 is 15.9 Å². The zero-order chi connectivity index (χ0) is 13.6. The summed E-state index contributed by atoms with van der Waals surface area (Å²) < 4.78 is 40.2. The average Bonchev–Trinajstić information content (AvgIpc) is 2.78. The van der Waals surface area contributed by atoms with Crippen LogP contribution in [-0.4, -0.2) is 9.97 Å². The van der Waals surface area contributed by atoms with E-state index < -0.39 is 17.5 Å². The number of nitrogens with one attached hydrogen (secondary N) is 1. The van der Waals surface area contributed by atoms with Gasteiger partial charge in [-0.05, 0) is 46.3 Å². The highest BCUT2D eigenvalue weighted by Gasteiger charge is 2.14. The molecule has 1 heterocycles. The van der Waals surface area contributed by atoms with Crippen molar-refractivity contribution in [2.45, 2.75) is 0 Å². The lowest BCUT2D eigenvalue weighted by Gasteiger charge is -2.00. The number of imidazole rings is 1. The molecule has 0 saturated carbocycles. The molecule has 2 aromatic carbocycles. The maximum absolute atomic E-state index is 13.6. The number of hydrogen-bond donors (Lipinski definition) is 1. The van der Waals surface area contributed by atoms with Crippen molar-refractivity contribution in [2.75, 3.05) is 0 Å². The molecule has 0 aliphatic heterocycles. The molecule has 3 rings (SSSR count). The van der Waals surface area contributed by atoms with Crippen molar-refractivity contribution < 1.29 is 13.2 Å². The minimum atomic E-state index is -1.00. The van der Waals surface area contributed by atoms with Crippen molar-refractivity contribution in [1.82, 2.24) is 9.97 Å². The fourth-order valence-electron chi connectivity index (χ4n) is 1.83. The first-order valence-electron chi connectivity index (χ1n) is 5.35. The van der Waals surface area contributed by atoms with Gasteiger partial charge in [-0.2, -0.15) is 0 Å². The van der Waals surface area contributed by atoms with Crippen LogP contribution in [0, 0.1) is 17.5 Å². The molecule has 0 aliphatic carbocycles. The Kier molecular flexibility index (Phi) is 2.82. The van der Waals surface area contributed by atoms with Crippen molar-refractivity contribution in [3.8, 4) is 11.4 Å². The van der Waals surface area contributed by atoms with Crippen LogP contribution in [-0.2, 0) is 0 Å². The summed E-state index contributed by atoms with van der Waals surface area (Å²) >= 11 is 3.21. The monoisotopic (exact) mass is 326 g/mol. The minimum Gasteiger partial charge on any atom is -0.338 e. The predicted molar refractivity (Wildman–Crippen MR) is 69.1 cm³/mol. The van der Waals surface area contributed by atoms with Gasteiger partial charge in [0.05, 0.1) is 5.52 Å². The number of aromatic amines is 1. The third kappa shape index (κ3) is 2.02. The van der Waals surface area contributed by atoms with Crippen molar-refractivity contribution >= 4 is 27.0 Å². The smallest absolute Gasteiger partial charge is 0.186 e. The number of fused-ring (bicyclic) bond motifs is 1. The fraction of sp³-hybridized carbons (Fsp3) is 0. The van der Waals surface area contributed by atoms with Gasteiger partial charge in [-0.25, -0.2) is 18.2 Å². The van der Waals surface area contributed by atoms with E-state index in [0.717, 1.165) is 6.07 Å². The van der Waals surface area contributed by atoms with Crippen LogP contribution in [0.3, 0.4) is 0 Å². The van der Waals surface area contributed by atoms with E-state index in [9.17, 15) is 13.2 Å². The Labute approximate surface area is 114 Å². The van der Waals surface area contributed by atoms with Gasteiger partial charge in [0.2, 0.25) is 0 Å². The highest BCUT2D eigenvalue weighted by atomic mass is 79.9. The molecule has 1 N–H and O–H groups in total. The summed E-state index contributed by atoms with van der Waals surface area (Å²) in [7, 11) is 0. The maximum atomic E-state index is 13.6. The number of hydrogen-bond acceptors (Lipinski definition) is 1. The van der Waals surface area contributed by atoms with Crippen molar-refractivity contribution in [2.24, 2.45) is 0 Å². The van der Waals surface area contributed by atoms with Crippen molar-refractivity contribution in [3.05, 3.63) is 52.3 Å². The van der Waals surface area contributed by atoms with Crippen molar-refractivity contribution in [1.29, 1.82) is 0 Å². The van der Waals surface area contributed by atoms with Gasteiger partial charge in [0.1, 0.15) is 17.2 Å². The molecule has 0 spiro atoms. The van der Waals surface area contributed by atoms with Crippen LogP contribution in [0.2, 0.25) is 0 Å². The highest BCUT2D eigenvalue weighted by molar-refractivity contribution is 9.10. The Morgan fingerprint density at radius 1 is 1.05 bits per heavy atom. The van der Waals surface area contributed by atoms with Gasteiger partial charge in [-0.3, -0.25) is 0 Å². The highest BCUT2D eigenvalue weighted by Crippen LogP contribution is 2.29. The molecule has 6 heteroatoms. The van der Waals surface area contributed by atoms with Crippen molar-refractivity contribution in [3.63, 3.8) is 0 Å². The summed E-state index contributed by atoms with van der Waals surface area (Å²) in [6, 6.07) is 6.48. The molecule has 0 atom stereocenters. The molecule has 96 valence electrons. The summed E-state index contributed by atoms with van der Waals surface area (Å²) in [4.78, 5) is 6.88. The second-order valence-electron chi connectivity index (χ2n) is 3.97. The number of benzene rings is 2. The topological polar surface area (TPSA) is 28.7 Å². The Bertz CT molecular complexity index is 783. The summed E-state index contributed by atoms with van der Waals surface area (Å²) in [5.74, 6) is -2.02. The van der Waals surface area contributed by atoms with E-state index >= 15 is 0 Å². The lowest BCUT2D eigenvalue weighted by atomic mass is 10.2. The van der Waals surface area contributed by atoms with E-state index in [1.807, 2.05) is 0 Å². The molecular formula is C13H6BrF3N2. The van der Waals surface area contributed by atoms with Gasteiger partial charge < -0.3 is 4.98 Å². The molecule has 3 aromatic rings. The average molecular weight is 327 g/mol. The normalized spacial score (nSPS) is 11.2. The first-order valence-corrected chi connectivity index (χ1v) is 6.14. The lowest BCUT2D eigenvalue weighted by Crippen LogP contribution is -1.85. The van der Waals surface area contributed by atoms with Gasteiger partial charge in [0, 0.05) is 10.0 Å². The number of halogens is 4. The Morgan fingerprint density at radius 3 is 2.58 bits per heavy atom. The summed E-state index contributed by atoms with van der Waals surface area (Å²) in [6.45, 7) is 0. The predicted octanol–water partition coefficient (Wildman–Crippen LogP) is 4.41. The molecule has 0 fully saturated rings. The molecular weight excluding hydrogens is 321 g/mol. The number of nitrogens with zero attached hydrogens (tertiary/aromatic N) is 1. The van der Waals surface area contributed by atoms with E-state index in [-0.39, 0.29) is 5.52 Å². The molecule has 0 bridgehead atoms. The summed E-state index contributed by atoms with van der Waals surface area (Å²) in [6.07, 6.45) is 0. The van der Waals surface area contributed by atoms with E-state index in [1.54, 1.807) is 0 Å². The van der Waals surface area contributed by atoms with Gasteiger partial charge in [0.15, 0.2) is 11.6 Å². The third-order valence-corrected chi connectivity index (χ3v) is 3.39. The van der Waals surface area contributed by atoms with Gasteiger partial charge >= 0.3 is 0 Å². The van der Waals surface area contributed by atoms with Crippen LogP contribution in [0.1, 0.15) is 0 Å². The molecule has 19 heavy (non-hydrogen) atoms. The molecule has 0 aliphatic rings. The largest absolute Gasteiger partial charge is 0.338 e. The standard InChI is InChI=1S/C13H6BrF3N2/c14-8-5-6(15)1-2-7(8)13-18-10-4-3-9(16)11(17)12(10)19-13/h1-5H,(H,18,19). The van der Waals surface area contributed by atoms with Gasteiger partial charge in [0.25, 0.3) is 0 Å². The van der Waals surface area contributed by atoms with E-state index in [0.29, 0.717) is 21.4 Å². The molecule has 0 saturated heterocycles. The lowest BCUT2D eigenvalue weighted by molar-refractivity contribution is 0.515. The molecule has 2 nitrogen and oxygen atoms in total. The molecule has 0 amide bonds. The fourth-order valence-corrected chi connectivity index (χ4v) is 2.37. The Balaban J connectivity index is 2.23. The first kappa shape index (κ1) is 12.2. The minimum absolute atomic E-state index is 0.0776. The maximum Gasteiger partial charge on any atom is 0.186 e. The van der Waals surface area contributed by atoms with Gasteiger partial charge in [-0.15, -0.1) is 0 Å². The van der Waals surface area contributed by atoms with Crippen LogP contribution < -0.4 is 0 Å². The van der Waals surface area contributed by atoms with E-state index in [4.69, 9.17) is 0 Å². The quantitative estimate of drug-likeness (QED) is 0.705. The van der Waals surface area contributed by atoms with Crippen LogP contribution in [0.5, 0.6) is 0 Å². The summed E-state index contributed by atoms with van der Waals surface area (Å²) in [5, 5.41) is 0. The third-order valence-electron chi connectivity index (χ3n) is 2.73. The first-order chi connectivity index (χ1) is 9.06. The van der Waals surface area contributed by atoms with E-state index in [1.165, 1.54) is 24.3 Å². The van der Waals surface area contributed by atoms with Crippen LogP contribution in [0.25, 0.3) is 22.4 Å². The van der Waals surface area contributed by atoms with Crippen LogP contribution in [0.4, 0.5) is 13.2 Å². The molecule has 0 unspecified atom stereocenters. The summed E-state index contributed by atoms with van der Waals surface area (Å²) in [5.41, 5.74) is 0.869.